The molecule has 0 radical (unpaired) electrons. The van der Waals surface area contributed by atoms with E-state index in [1.54, 1.807) is 43.3 Å². The number of unbranched alkanes of at least 4 members (excludes halogenated alkanes) is 8. The molecular weight excluding hydrogens is 486 g/mol. The van der Waals surface area contributed by atoms with E-state index in [-0.39, 0.29) is 18.3 Å². The lowest BCUT2D eigenvalue weighted by molar-refractivity contribution is 0.0335. The average Bonchev–Trinajstić information content (AvgIpc) is 2.94. The Labute approximate surface area is 227 Å². The van der Waals surface area contributed by atoms with Crippen LogP contribution in [0.4, 0.5) is 8.78 Å². The summed E-state index contributed by atoms with van der Waals surface area (Å²) in [5.74, 6) is -0.894. The fourth-order valence-electron chi connectivity index (χ4n) is 4.05. The van der Waals surface area contributed by atoms with E-state index in [4.69, 9.17) is 14.2 Å². The van der Waals surface area contributed by atoms with Crippen LogP contribution in [0.2, 0.25) is 0 Å². The number of rotatable bonds is 20. The second-order valence-electron chi connectivity index (χ2n) is 9.79. The number of alkyl halides is 1. The standard InChI is InChI=1S/C32H44F2O4/c1-4-25(3)30(34)24-38-32(35)27-17-15-26(16-18-27)28-19-20-31(29(33)23-28)37-22-14-12-10-8-6-7-9-11-13-21-36-5-2/h5,15-20,23,25,30H,2,4,6-14,21-22,24H2,1,3H3/t25-,30-/m0/s1. The maximum absolute atomic E-state index is 14.6. The molecule has 0 bridgehead atoms. The monoisotopic (exact) mass is 530 g/mol. The van der Waals surface area contributed by atoms with E-state index in [2.05, 4.69) is 6.58 Å². The van der Waals surface area contributed by atoms with Crippen LogP contribution < -0.4 is 4.74 Å². The minimum atomic E-state index is -1.18. The lowest BCUT2D eigenvalue weighted by Crippen LogP contribution is -2.21. The van der Waals surface area contributed by atoms with Crippen molar-refractivity contribution in [3.8, 4) is 16.9 Å². The van der Waals surface area contributed by atoms with Crippen LogP contribution in [0.3, 0.4) is 0 Å². The maximum Gasteiger partial charge on any atom is 0.338 e. The summed E-state index contributed by atoms with van der Waals surface area (Å²) in [4.78, 5) is 12.2. The molecule has 0 amide bonds. The zero-order valence-electron chi connectivity index (χ0n) is 23.1. The fourth-order valence-corrected chi connectivity index (χ4v) is 4.05. The Hall–Kier alpha value is -2.89. The maximum atomic E-state index is 14.6. The van der Waals surface area contributed by atoms with Crippen LogP contribution in [0.1, 0.15) is 88.4 Å². The van der Waals surface area contributed by atoms with Crippen LogP contribution in [0.5, 0.6) is 5.75 Å². The van der Waals surface area contributed by atoms with Crippen molar-refractivity contribution in [1.82, 2.24) is 0 Å². The van der Waals surface area contributed by atoms with Gasteiger partial charge in [-0.2, -0.15) is 0 Å². The zero-order valence-corrected chi connectivity index (χ0v) is 23.1. The van der Waals surface area contributed by atoms with Gasteiger partial charge in [-0.05, 0) is 54.2 Å². The molecule has 38 heavy (non-hydrogen) atoms. The summed E-state index contributed by atoms with van der Waals surface area (Å²) in [6.45, 7) is 8.23. The number of ether oxygens (including phenoxy) is 3. The van der Waals surface area contributed by atoms with Gasteiger partial charge < -0.3 is 14.2 Å². The van der Waals surface area contributed by atoms with Gasteiger partial charge in [-0.1, -0.05) is 90.0 Å². The summed E-state index contributed by atoms with van der Waals surface area (Å²) >= 11 is 0. The van der Waals surface area contributed by atoms with Gasteiger partial charge in [0.2, 0.25) is 0 Å². The average molecular weight is 531 g/mol. The molecule has 2 rings (SSSR count). The molecule has 0 saturated carbocycles. The van der Waals surface area contributed by atoms with Gasteiger partial charge in [0.25, 0.3) is 0 Å². The SMILES string of the molecule is C=COCCCCCCCCCCCOc1ccc(-c2ccc(C(=O)OC[C@H](F)[C@@H](C)CC)cc2)cc1F. The molecule has 0 aliphatic heterocycles. The van der Waals surface area contributed by atoms with Crippen molar-refractivity contribution in [1.29, 1.82) is 0 Å². The number of benzene rings is 2. The molecule has 0 heterocycles. The van der Waals surface area contributed by atoms with Crippen LogP contribution >= 0.6 is 0 Å². The van der Waals surface area contributed by atoms with Gasteiger partial charge in [0.05, 0.1) is 25.0 Å². The van der Waals surface area contributed by atoms with E-state index in [1.807, 2.05) is 6.92 Å². The van der Waals surface area contributed by atoms with Crippen molar-refractivity contribution in [2.24, 2.45) is 5.92 Å². The molecule has 2 atom stereocenters. The molecule has 0 unspecified atom stereocenters. The fraction of sp³-hybridized carbons (Fsp3) is 0.531. The number of carbonyl (C=O) groups is 1. The van der Waals surface area contributed by atoms with Gasteiger partial charge in [0.1, 0.15) is 12.8 Å². The minimum absolute atomic E-state index is 0.161. The van der Waals surface area contributed by atoms with E-state index in [1.165, 1.54) is 50.9 Å². The highest BCUT2D eigenvalue weighted by atomic mass is 19.1. The molecule has 2 aromatic carbocycles. The Morgan fingerprint density at radius 1 is 0.895 bits per heavy atom. The highest BCUT2D eigenvalue weighted by Crippen LogP contribution is 2.26. The van der Waals surface area contributed by atoms with Gasteiger partial charge >= 0.3 is 5.97 Å². The topological polar surface area (TPSA) is 44.8 Å². The number of hydrogen-bond acceptors (Lipinski definition) is 4. The molecule has 0 spiro atoms. The van der Waals surface area contributed by atoms with E-state index >= 15 is 0 Å². The largest absolute Gasteiger partial charge is 0.502 e. The quantitative estimate of drug-likeness (QED) is 0.0973. The molecule has 0 N–H and O–H groups in total. The van der Waals surface area contributed by atoms with E-state index in [0.29, 0.717) is 24.2 Å². The molecule has 4 nitrogen and oxygen atoms in total. The summed E-state index contributed by atoms with van der Waals surface area (Å²) < 4.78 is 44.4. The summed E-state index contributed by atoms with van der Waals surface area (Å²) in [6, 6.07) is 11.5. The van der Waals surface area contributed by atoms with Gasteiger partial charge in [-0.3, -0.25) is 0 Å². The second-order valence-corrected chi connectivity index (χ2v) is 9.79. The molecule has 0 aliphatic carbocycles. The van der Waals surface area contributed by atoms with Crippen LogP contribution in [-0.4, -0.2) is 32.0 Å². The smallest absolute Gasteiger partial charge is 0.338 e. The molecule has 6 heteroatoms. The van der Waals surface area contributed by atoms with Gasteiger partial charge in [0.15, 0.2) is 11.6 Å². The lowest BCUT2D eigenvalue weighted by Gasteiger charge is -2.14. The highest BCUT2D eigenvalue weighted by molar-refractivity contribution is 5.90. The first-order valence-corrected chi connectivity index (χ1v) is 14.0. The van der Waals surface area contributed by atoms with Crippen LogP contribution in [-0.2, 0) is 9.47 Å². The third-order valence-corrected chi connectivity index (χ3v) is 6.80. The van der Waals surface area contributed by atoms with Crippen molar-refractivity contribution in [3.05, 3.63) is 66.7 Å². The lowest BCUT2D eigenvalue weighted by atomic mass is 10.0. The van der Waals surface area contributed by atoms with Crippen LogP contribution in [0.15, 0.2) is 55.3 Å². The normalized spacial score (nSPS) is 12.5. The summed E-state index contributed by atoms with van der Waals surface area (Å²) in [5.41, 5.74) is 1.78. The molecule has 0 aliphatic rings. The number of carbonyl (C=O) groups excluding carboxylic acids is 1. The van der Waals surface area contributed by atoms with Crippen LogP contribution in [0.25, 0.3) is 11.1 Å². The van der Waals surface area contributed by atoms with E-state index < -0.39 is 18.0 Å². The number of hydrogen-bond donors (Lipinski definition) is 0. The predicted molar refractivity (Wildman–Crippen MR) is 150 cm³/mol. The molecule has 2 aromatic rings. The third-order valence-electron chi connectivity index (χ3n) is 6.80. The summed E-state index contributed by atoms with van der Waals surface area (Å²) in [6.07, 6.45) is 11.4. The molecule has 210 valence electrons. The minimum Gasteiger partial charge on any atom is -0.502 e. The van der Waals surface area contributed by atoms with Crippen molar-refractivity contribution in [2.75, 3.05) is 19.8 Å². The van der Waals surface area contributed by atoms with Crippen LogP contribution in [0, 0.1) is 11.7 Å². The molecule has 0 fully saturated rings. The van der Waals surface area contributed by atoms with Gasteiger partial charge in [0, 0.05) is 0 Å². The molecule has 0 aromatic heterocycles. The first kappa shape index (κ1) is 31.3. The Kier molecular flexibility index (Phi) is 15.1. The highest BCUT2D eigenvalue weighted by Gasteiger charge is 2.17. The molecule has 0 saturated heterocycles. The van der Waals surface area contributed by atoms with Crippen molar-refractivity contribution in [3.63, 3.8) is 0 Å². The Balaban J connectivity index is 1.67. The second kappa shape index (κ2) is 18.4. The van der Waals surface area contributed by atoms with E-state index in [9.17, 15) is 13.6 Å². The zero-order chi connectivity index (χ0) is 27.6. The number of esters is 1. The predicted octanol–water partition coefficient (Wildman–Crippen LogP) is 9.08. The van der Waals surface area contributed by atoms with Crippen molar-refractivity contribution < 1.29 is 27.8 Å². The first-order chi connectivity index (χ1) is 18.5. The Morgan fingerprint density at radius 3 is 2.05 bits per heavy atom. The summed E-state index contributed by atoms with van der Waals surface area (Å²) in [7, 11) is 0. The summed E-state index contributed by atoms with van der Waals surface area (Å²) in [5, 5.41) is 0. The van der Waals surface area contributed by atoms with Crippen molar-refractivity contribution in [2.45, 2.75) is 84.2 Å². The first-order valence-electron chi connectivity index (χ1n) is 14.0. The Bertz CT molecular complexity index is 945. The third kappa shape index (κ3) is 11.7. The Morgan fingerprint density at radius 2 is 1.47 bits per heavy atom. The van der Waals surface area contributed by atoms with Crippen molar-refractivity contribution >= 4 is 5.97 Å². The van der Waals surface area contributed by atoms with Gasteiger partial charge in [-0.25, -0.2) is 13.6 Å². The van der Waals surface area contributed by atoms with Gasteiger partial charge in [-0.15, -0.1) is 0 Å². The van der Waals surface area contributed by atoms with E-state index in [0.717, 1.165) is 31.4 Å². The molecular formula is C32H44F2O4. The number of halogens is 2.